The third kappa shape index (κ3) is 7.93. The van der Waals surface area contributed by atoms with Gasteiger partial charge in [0.1, 0.15) is 0 Å². The van der Waals surface area contributed by atoms with Gasteiger partial charge in [0.05, 0.1) is 0 Å². The highest BCUT2D eigenvalue weighted by Gasteiger charge is 2.25. The lowest BCUT2D eigenvalue weighted by atomic mass is 9.99. The molecule has 108 valence electrons. The van der Waals surface area contributed by atoms with E-state index in [1.165, 1.54) is 19.3 Å². The summed E-state index contributed by atoms with van der Waals surface area (Å²) in [7, 11) is 0. The number of nitrogens with one attached hydrogen (secondary N) is 2. The molecule has 0 aromatic carbocycles. The Morgan fingerprint density at radius 2 is 2.06 bits per heavy atom. The minimum atomic E-state index is -4.00. The number of unbranched alkanes of at least 4 members (excludes halogenated alkanes) is 1. The Labute approximate surface area is 108 Å². The van der Waals surface area contributed by atoms with Gasteiger partial charge in [-0.3, -0.25) is 0 Å². The van der Waals surface area contributed by atoms with Gasteiger partial charge in [0.2, 0.25) is 0 Å². The van der Waals surface area contributed by atoms with E-state index < -0.39 is 12.6 Å². The van der Waals surface area contributed by atoms with Gasteiger partial charge < -0.3 is 10.6 Å². The van der Waals surface area contributed by atoms with Gasteiger partial charge in [-0.2, -0.15) is 13.2 Å². The van der Waals surface area contributed by atoms with E-state index in [-0.39, 0.29) is 6.42 Å². The van der Waals surface area contributed by atoms with Crippen molar-refractivity contribution >= 4 is 0 Å². The van der Waals surface area contributed by atoms with Crippen LogP contribution in [0.3, 0.4) is 0 Å². The first-order valence-corrected chi connectivity index (χ1v) is 7.01. The maximum atomic E-state index is 11.9. The molecule has 0 radical (unpaired) electrons. The van der Waals surface area contributed by atoms with Crippen LogP contribution >= 0.6 is 0 Å². The van der Waals surface area contributed by atoms with Gasteiger partial charge in [-0.15, -0.1) is 0 Å². The second kappa shape index (κ2) is 8.00. The Kier molecular flexibility index (Phi) is 7.00. The summed E-state index contributed by atoms with van der Waals surface area (Å²) >= 11 is 0. The summed E-state index contributed by atoms with van der Waals surface area (Å²) in [5.74, 6) is 0. The van der Waals surface area contributed by atoms with Crippen molar-refractivity contribution in [3.8, 4) is 0 Å². The number of halogens is 3. The molecule has 1 fully saturated rings. The Morgan fingerprint density at radius 3 is 2.67 bits per heavy atom. The Hall–Kier alpha value is -0.290. The van der Waals surface area contributed by atoms with E-state index in [0.29, 0.717) is 25.0 Å². The van der Waals surface area contributed by atoms with Crippen molar-refractivity contribution in [2.24, 2.45) is 0 Å². The maximum Gasteiger partial charge on any atom is 0.389 e. The molecule has 0 saturated carbocycles. The fourth-order valence-electron chi connectivity index (χ4n) is 2.43. The van der Waals surface area contributed by atoms with Gasteiger partial charge in [-0.1, -0.05) is 6.42 Å². The molecule has 0 amide bonds. The monoisotopic (exact) mass is 266 g/mol. The molecule has 0 aromatic heterocycles. The smallest absolute Gasteiger partial charge is 0.314 e. The normalized spacial score (nSPS) is 23.0. The highest BCUT2D eigenvalue weighted by molar-refractivity contribution is 4.76. The first-order chi connectivity index (χ1) is 8.47. The van der Waals surface area contributed by atoms with E-state index in [1.807, 2.05) is 0 Å². The van der Waals surface area contributed by atoms with Crippen LogP contribution in [-0.4, -0.2) is 31.3 Å². The van der Waals surface area contributed by atoms with E-state index in [4.69, 9.17) is 0 Å². The first kappa shape index (κ1) is 15.8. The van der Waals surface area contributed by atoms with Gasteiger partial charge in [0, 0.05) is 18.5 Å². The van der Waals surface area contributed by atoms with Crippen molar-refractivity contribution in [3.63, 3.8) is 0 Å². The van der Waals surface area contributed by atoms with Crippen LogP contribution in [-0.2, 0) is 0 Å². The quantitative estimate of drug-likeness (QED) is 0.691. The average Bonchev–Trinajstić information content (AvgIpc) is 2.28. The third-order valence-electron chi connectivity index (χ3n) is 3.43. The molecule has 1 heterocycles. The molecule has 2 unspecified atom stereocenters. The van der Waals surface area contributed by atoms with Crippen LogP contribution in [0, 0.1) is 0 Å². The fourth-order valence-corrected chi connectivity index (χ4v) is 2.43. The zero-order valence-corrected chi connectivity index (χ0v) is 11.2. The largest absolute Gasteiger partial charge is 0.389 e. The number of hydrogen-bond acceptors (Lipinski definition) is 2. The van der Waals surface area contributed by atoms with E-state index in [0.717, 1.165) is 13.0 Å². The zero-order chi connectivity index (χ0) is 13.4. The Bertz CT molecular complexity index is 213. The average molecular weight is 266 g/mol. The summed E-state index contributed by atoms with van der Waals surface area (Å²) in [4.78, 5) is 0. The van der Waals surface area contributed by atoms with Crippen molar-refractivity contribution in [3.05, 3.63) is 0 Å². The van der Waals surface area contributed by atoms with Gasteiger partial charge in [0.15, 0.2) is 0 Å². The van der Waals surface area contributed by atoms with E-state index in [1.54, 1.807) is 0 Å². The summed E-state index contributed by atoms with van der Waals surface area (Å²) in [6, 6.07) is 0.961. The van der Waals surface area contributed by atoms with E-state index in [9.17, 15) is 13.2 Å². The van der Waals surface area contributed by atoms with E-state index >= 15 is 0 Å². The molecule has 1 saturated heterocycles. The summed E-state index contributed by atoms with van der Waals surface area (Å²) in [5, 5.41) is 6.79. The molecule has 1 aliphatic rings. The molecule has 1 aliphatic heterocycles. The molecule has 0 bridgehead atoms. The standard InChI is InChI=1S/C13H25F3N2/c1-11(10-12-6-2-4-9-18-12)17-8-5-3-7-13(14,15)16/h11-12,17-18H,2-10H2,1H3. The van der Waals surface area contributed by atoms with Crippen LogP contribution in [0.15, 0.2) is 0 Å². The Balaban J connectivity index is 1.97. The molecule has 2 nitrogen and oxygen atoms in total. The lowest BCUT2D eigenvalue weighted by Crippen LogP contribution is -2.40. The fraction of sp³-hybridized carbons (Fsp3) is 1.00. The van der Waals surface area contributed by atoms with Gasteiger partial charge in [-0.25, -0.2) is 0 Å². The molecular formula is C13H25F3N2. The van der Waals surface area contributed by atoms with Crippen molar-refractivity contribution in [2.45, 2.75) is 70.1 Å². The number of rotatable bonds is 7. The zero-order valence-electron chi connectivity index (χ0n) is 11.2. The summed E-state index contributed by atoms with van der Waals surface area (Å²) in [6.45, 7) is 3.90. The van der Waals surface area contributed by atoms with Crippen LogP contribution in [0.2, 0.25) is 0 Å². The predicted molar refractivity (Wildman–Crippen MR) is 67.6 cm³/mol. The van der Waals surface area contributed by atoms with Crippen LogP contribution in [0.4, 0.5) is 13.2 Å². The van der Waals surface area contributed by atoms with Crippen LogP contribution in [0.1, 0.15) is 51.9 Å². The summed E-state index contributed by atoms with van der Waals surface area (Å²) in [6.07, 6.45) is 1.00. The first-order valence-electron chi connectivity index (χ1n) is 7.01. The lowest BCUT2D eigenvalue weighted by Gasteiger charge is -2.26. The number of alkyl halides is 3. The predicted octanol–water partition coefficient (Wildman–Crippen LogP) is 3.23. The van der Waals surface area contributed by atoms with Gasteiger partial charge >= 0.3 is 6.18 Å². The number of piperidine rings is 1. The molecular weight excluding hydrogens is 241 g/mol. The van der Waals surface area contributed by atoms with Gasteiger partial charge in [0.25, 0.3) is 0 Å². The number of hydrogen-bond donors (Lipinski definition) is 2. The minimum Gasteiger partial charge on any atom is -0.314 e. The minimum absolute atomic E-state index is 0.227. The van der Waals surface area contributed by atoms with Crippen molar-refractivity contribution in [2.75, 3.05) is 13.1 Å². The van der Waals surface area contributed by atoms with E-state index in [2.05, 4.69) is 17.6 Å². The molecule has 1 rings (SSSR count). The van der Waals surface area contributed by atoms with Crippen molar-refractivity contribution < 1.29 is 13.2 Å². The highest BCUT2D eigenvalue weighted by Crippen LogP contribution is 2.21. The van der Waals surface area contributed by atoms with Crippen LogP contribution < -0.4 is 10.6 Å². The lowest BCUT2D eigenvalue weighted by molar-refractivity contribution is -0.135. The second-order valence-corrected chi connectivity index (χ2v) is 5.31. The molecule has 0 spiro atoms. The summed E-state index contributed by atoms with van der Waals surface area (Å²) in [5.41, 5.74) is 0. The summed E-state index contributed by atoms with van der Waals surface area (Å²) < 4.78 is 35.8. The van der Waals surface area contributed by atoms with Crippen LogP contribution in [0.5, 0.6) is 0 Å². The Morgan fingerprint density at radius 1 is 1.28 bits per heavy atom. The SMILES string of the molecule is CC(CC1CCCCN1)NCCCCC(F)(F)F. The third-order valence-corrected chi connectivity index (χ3v) is 3.43. The van der Waals surface area contributed by atoms with Crippen molar-refractivity contribution in [1.29, 1.82) is 0 Å². The molecule has 0 aliphatic carbocycles. The molecule has 0 aromatic rings. The van der Waals surface area contributed by atoms with Crippen LogP contribution in [0.25, 0.3) is 0 Å². The highest BCUT2D eigenvalue weighted by atomic mass is 19.4. The molecule has 2 atom stereocenters. The van der Waals surface area contributed by atoms with Crippen molar-refractivity contribution in [1.82, 2.24) is 10.6 Å². The molecule has 2 N–H and O–H groups in total. The second-order valence-electron chi connectivity index (χ2n) is 5.31. The molecule has 5 heteroatoms. The van der Waals surface area contributed by atoms with Gasteiger partial charge in [-0.05, 0) is 52.1 Å². The molecule has 18 heavy (non-hydrogen) atoms. The topological polar surface area (TPSA) is 24.1 Å². The maximum absolute atomic E-state index is 11.9.